The second kappa shape index (κ2) is 5.96. The molecular weight excluding hydrogens is 334 g/mol. The molecule has 8 heteroatoms. The van der Waals surface area contributed by atoms with E-state index in [1.54, 1.807) is 30.1 Å². The topological polar surface area (TPSA) is 72.9 Å². The molecule has 0 saturated heterocycles. The summed E-state index contributed by atoms with van der Waals surface area (Å²) in [5, 5.41) is 8.78. The number of nitrogens with zero attached hydrogens (tertiary/aromatic N) is 6. The third kappa shape index (κ3) is 3.25. The van der Waals surface area contributed by atoms with E-state index in [-0.39, 0.29) is 5.41 Å². The van der Waals surface area contributed by atoms with Crippen molar-refractivity contribution in [2.45, 2.75) is 32.7 Å². The molecule has 0 unspecified atom stereocenters. The van der Waals surface area contributed by atoms with Crippen molar-refractivity contribution in [3.05, 3.63) is 54.5 Å². The lowest BCUT2D eigenvalue weighted by molar-refractivity contribution is 0.572. The van der Waals surface area contributed by atoms with E-state index in [1.165, 1.54) is 0 Å². The van der Waals surface area contributed by atoms with Gasteiger partial charge < -0.3 is 5.32 Å². The van der Waals surface area contributed by atoms with Crippen LogP contribution >= 0.6 is 11.3 Å². The summed E-state index contributed by atoms with van der Waals surface area (Å²) in [6, 6.07) is 4.02. The zero-order valence-electron chi connectivity index (χ0n) is 14.3. The molecule has 0 aliphatic rings. The standard InChI is InChI=1S/C17H19N7S/c1-17(2,3)13-10-24-16(21-13)25-15(22-24)20-9-12-4-5-19-14(8-12)23-7-6-18-11-23/h4-8,10-11H,9H2,1-3H3,(H,20,22). The molecule has 0 atom stereocenters. The minimum absolute atomic E-state index is 0.0295. The van der Waals surface area contributed by atoms with Gasteiger partial charge in [-0.05, 0) is 17.7 Å². The fourth-order valence-electron chi connectivity index (χ4n) is 2.42. The predicted molar refractivity (Wildman–Crippen MR) is 98.2 cm³/mol. The Labute approximate surface area is 149 Å². The average molecular weight is 353 g/mol. The van der Waals surface area contributed by atoms with E-state index >= 15 is 0 Å². The zero-order chi connectivity index (χ0) is 17.4. The summed E-state index contributed by atoms with van der Waals surface area (Å²) in [7, 11) is 0. The summed E-state index contributed by atoms with van der Waals surface area (Å²) in [6.07, 6.45) is 9.16. The molecule has 0 bridgehead atoms. The largest absolute Gasteiger partial charge is 0.356 e. The van der Waals surface area contributed by atoms with Crippen LogP contribution in [0.3, 0.4) is 0 Å². The molecule has 0 aliphatic carbocycles. The van der Waals surface area contributed by atoms with Crippen LogP contribution in [0.2, 0.25) is 0 Å². The Hall–Kier alpha value is -2.74. The van der Waals surface area contributed by atoms with Gasteiger partial charge in [0, 0.05) is 30.6 Å². The average Bonchev–Trinajstić information content (AvgIpc) is 3.28. The number of fused-ring (bicyclic) bond motifs is 1. The molecule has 4 heterocycles. The highest BCUT2D eigenvalue weighted by atomic mass is 32.1. The minimum atomic E-state index is 0.0295. The number of hydrogen-bond donors (Lipinski definition) is 1. The molecule has 0 fully saturated rings. The Balaban J connectivity index is 1.49. The Morgan fingerprint density at radius 1 is 1.24 bits per heavy atom. The summed E-state index contributed by atoms with van der Waals surface area (Å²) in [4.78, 5) is 14.0. The summed E-state index contributed by atoms with van der Waals surface area (Å²) in [5.74, 6) is 0.848. The molecule has 0 saturated carbocycles. The lowest BCUT2D eigenvalue weighted by Gasteiger charge is -2.13. The van der Waals surface area contributed by atoms with Crippen LogP contribution in [0.25, 0.3) is 10.8 Å². The van der Waals surface area contributed by atoms with Crippen LogP contribution in [-0.2, 0) is 12.0 Å². The predicted octanol–water partition coefficient (Wildman–Crippen LogP) is 3.28. The third-order valence-corrected chi connectivity index (χ3v) is 4.71. The number of nitrogens with one attached hydrogen (secondary N) is 1. The Morgan fingerprint density at radius 2 is 2.12 bits per heavy atom. The van der Waals surface area contributed by atoms with Crippen molar-refractivity contribution in [2.24, 2.45) is 0 Å². The lowest BCUT2D eigenvalue weighted by Crippen LogP contribution is -2.11. The molecule has 4 aromatic rings. The molecule has 128 valence electrons. The maximum absolute atomic E-state index is 4.67. The number of aromatic nitrogens is 6. The number of imidazole rings is 2. The van der Waals surface area contributed by atoms with Gasteiger partial charge >= 0.3 is 0 Å². The van der Waals surface area contributed by atoms with Crippen LogP contribution in [0, 0.1) is 0 Å². The van der Waals surface area contributed by atoms with E-state index < -0.39 is 0 Å². The Morgan fingerprint density at radius 3 is 2.84 bits per heavy atom. The van der Waals surface area contributed by atoms with Crippen molar-refractivity contribution in [3.63, 3.8) is 0 Å². The monoisotopic (exact) mass is 353 g/mol. The van der Waals surface area contributed by atoms with Gasteiger partial charge in [-0.3, -0.25) is 4.57 Å². The first kappa shape index (κ1) is 15.8. The normalized spacial score (nSPS) is 12.0. The van der Waals surface area contributed by atoms with Gasteiger partial charge in [0.25, 0.3) is 0 Å². The van der Waals surface area contributed by atoms with Gasteiger partial charge in [0.15, 0.2) is 0 Å². The fraction of sp³-hybridized carbons (Fsp3) is 0.294. The van der Waals surface area contributed by atoms with Gasteiger partial charge in [-0.15, -0.1) is 5.10 Å². The van der Waals surface area contributed by atoms with E-state index in [2.05, 4.69) is 46.1 Å². The van der Waals surface area contributed by atoms with Crippen molar-refractivity contribution >= 4 is 21.4 Å². The molecule has 0 radical (unpaired) electrons. The first-order valence-corrected chi connectivity index (χ1v) is 8.84. The maximum atomic E-state index is 4.67. The minimum Gasteiger partial charge on any atom is -0.356 e. The molecule has 4 aromatic heterocycles. The van der Waals surface area contributed by atoms with Crippen LogP contribution < -0.4 is 5.32 Å². The van der Waals surface area contributed by atoms with Crippen molar-refractivity contribution in [1.82, 2.24) is 29.1 Å². The van der Waals surface area contributed by atoms with Crippen LogP contribution in [-0.4, -0.2) is 29.1 Å². The van der Waals surface area contributed by atoms with Crippen LogP contribution in [0.5, 0.6) is 0 Å². The molecule has 7 nitrogen and oxygen atoms in total. The summed E-state index contributed by atoms with van der Waals surface area (Å²) in [6.45, 7) is 7.13. The molecule has 0 amide bonds. The van der Waals surface area contributed by atoms with Crippen molar-refractivity contribution in [1.29, 1.82) is 0 Å². The highest BCUT2D eigenvalue weighted by molar-refractivity contribution is 7.20. The van der Waals surface area contributed by atoms with Crippen LogP contribution in [0.1, 0.15) is 32.0 Å². The van der Waals surface area contributed by atoms with Crippen LogP contribution in [0.4, 0.5) is 5.13 Å². The van der Waals surface area contributed by atoms with E-state index in [1.807, 2.05) is 33.6 Å². The second-order valence-corrected chi connectivity index (χ2v) is 7.81. The highest BCUT2D eigenvalue weighted by Crippen LogP contribution is 2.25. The molecule has 0 aliphatic heterocycles. The summed E-state index contributed by atoms with van der Waals surface area (Å²) >= 11 is 1.55. The quantitative estimate of drug-likeness (QED) is 0.609. The Kier molecular flexibility index (Phi) is 3.76. The summed E-state index contributed by atoms with van der Waals surface area (Å²) in [5.41, 5.74) is 2.21. The zero-order valence-corrected chi connectivity index (χ0v) is 15.2. The SMILES string of the molecule is CC(C)(C)c1cn2nc(NCc3ccnc(-n4ccnc4)c3)sc2n1. The van der Waals surface area contributed by atoms with Crippen molar-refractivity contribution in [3.8, 4) is 5.82 Å². The van der Waals surface area contributed by atoms with Crippen molar-refractivity contribution in [2.75, 3.05) is 5.32 Å². The molecule has 4 rings (SSSR count). The molecule has 0 aromatic carbocycles. The van der Waals surface area contributed by atoms with Gasteiger partial charge in [-0.1, -0.05) is 32.1 Å². The fourth-order valence-corrected chi connectivity index (χ4v) is 3.19. The van der Waals surface area contributed by atoms with Gasteiger partial charge in [0.2, 0.25) is 10.1 Å². The molecule has 1 N–H and O–H groups in total. The van der Waals surface area contributed by atoms with Gasteiger partial charge in [-0.25, -0.2) is 19.5 Å². The first-order chi connectivity index (χ1) is 12.0. The van der Waals surface area contributed by atoms with Gasteiger partial charge in [0.05, 0.1) is 11.9 Å². The number of anilines is 1. The second-order valence-electron chi connectivity index (χ2n) is 6.86. The van der Waals surface area contributed by atoms with Gasteiger partial charge in [0.1, 0.15) is 12.1 Å². The molecule has 25 heavy (non-hydrogen) atoms. The number of pyridine rings is 1. The van der Waals surface area contributed by atoms with Crippen LogP contribution in [0.15, 0.2) is 43.2 Å². The van der Waals surface area contributed by atoms with E-state index in [9.17, 15) is 0 Å². The van der Waals surface area contributed by atoms with Crippen molar-refractivity contribution < 1.29 is 0 Å². The summed E-state index contributed by atoms with van der Waals surface area (Å²) < 4.78 is 3.73. The Bertz CT molecular complexity index is 960. The first-order valence-electron chi connectivity index (χ1n) is 8.03. The van der Waals surface area contributed by atoms with E-state index in [4.69, 9.17) is 0 Å². The number of hydrogen-bond acceptors (Lipinski definition) is 6. The maximum Gasteiger partial charge on any atom is 0.214 e. The van der Waals surface area contributed by atoms with E-state index in [0.29, 0.717) is 6.54 Å². The highest BCUT2D eigenvalue weighted by Gasteiger charge is 2.19. The van der Waals surface area contributed by atoms with Gasteiger partial charge in [-0.2, -0.15) is 0 Å². The lowest BCUT2D eigenvalue weighted by atomic mass is 9.93. The molecule has 0 spiro atoms. The van der Waals surface area contributed by atoms with E-state index in [0.717, 1.165) is 27.2 Å². The smallest absolute Gasteiger partial charge is 0.214 e. The third-order valence-electron chi connectivity index (χ3n) is 3.83. The number of rotatable bonds is 4. The molecular formula is C17H19N7S.